The molecule has 1 amide bonds. The van der Waals surface area contributed by atoms with Gasteiger partial charge in [0, 0.05) is 24.6 Å². The number of hydrogen-bond donors (Lipinski definition) is 1. The number of sulfonamides is 1. The van der Waals surface area contributed by atoms with Crippen LogP contribution in [0.1, 0.15) is 30.0 Å². The number of furan rings is 1. The number of ether oxygens (including phenoxy) is 1. The van der Waals surface area contributed by atoms with Crippen molar-refractivity contribution in [1.82, 2.24) is 4.31 Å². The number of carbonyl (C=O) groups excluding carboxylic acids is 2. The van der Waals surface area contributed by atoms with Crippen molar-refractivity contribution < 1.29 is 27.2 Å². The third kappa shape index (κ3) is 3.92. The molecule has 1 aliphatic heterocycles. The van der Waals surface area contributed by atoms with Crippen molar-refractivity contribution in [1.29, 1.82) is 0 Å². The maximum atomic E-state index is 13.3. The molecule has 0 saturated carbocycles. The Hall–Kier alpha value is -3.43. The fraction of sp³-hybridized carbons (Fsp3) is 0.217. The summed E-state index contributed by atoms with van der Waals surface area (Å²) in [6.45, 7) is 3.64. The number of benzene rings is 2. The van der Waals surface area contributed by atoms with Crippen molar-refractivity contribution in [2.75, 3.05) is 25.1 Å². The number of Topliss-reactive ketones (excluding diaryl/α,β-unsaturated/α-hetero) is 1. The van der Waals surface area contributed by atoms with E-state index < -0.39 is 15.9 Å². The first kappa shape index (κ1) is 21.8. The number of carbonyl (C=O) groups is 2. The molecule has 0 unspecified atom stereocenters. The van der Waals surface area contributed by atoms with Crippen molar-refractivity contribution >= 4 is 43.3 Å². The van der Waals surface area contributed by atoms with Crippen LogP contribution in [-0.4, -0.2) is 44.2 Å². The van der Waals surface area contributed by atoms with Crippen LogP contribution in [0.3, 0.4) is 0 Å². The Morgan fingerprint density at radius 2 is 1.88 bits per heavy atom. The standard InChI is InChI=1S/C23H22N2O6S/c1-3-30-12-11-25-23(27)21(22(32(25,28)29)16-7-5-4-6-8-16)24-18-9-10-19-17(13-18)14-20(31-19)15(2)26/h4-10,13-14,24H,3,11-12H2,1-2H3. The summed E-state index contributed by atoms with van der Waals surface area (Å²) in [4.78, 5) is 24.7. The minimum atomic E-state index is -4.07. The quantitative estimate of drug-likeness (QED) is 0.409. The fourth-order valence-corrected chi connectivity index (χ4v) is 5.19. The van der Waals surface area contributed by atoms with Crippen LogP contribution in [0.15, 0.2) is 64.7 Å². The molecule has 32 heavy (non-hydrogen) atoms. The van der Waals surface area contributed by atoms with E-state index in [1.54, 1.807) is 61.5 Å². The molecule has 2 heterocycles. The maximum absolute atomic E-state index is 13.3. The normalized spacial score (nSPS) is 15.6. The zero-order valence-electron chi connectivity index (χ0n) is 17.6. The molecule has 166 valence electrons. The molecule has 9 heteroatoms. The highest BCUT2D eigenvalue weighted by atomic mass is 32.2. The lowest BCUT2D eigenvalue weighted by molar-refractivity contribution is -0.122. The van der Waals surface area contributed by atoms with E-state index in [1.165, 1.54) is 6.92 Å². The number of fused-ring (bicyclic) bond motifs is 1. The molecule has 0 bridgehead atoms. The smallest absolute Gasteiger partial charge is 0.285 e. The third-order valence-electron chi connectivity index (χ3n) is 5.03. The fourth-order valence-electron chi connectivity index (χ4n) is 3.52. The highest BCUT2D eigenvalue weighted by Crippen LogP contribution is 2.36. The Bertz CT molecular complexity index is 1330. The molecule has 1 aliphatic rings. The van der Waals surface area contributed by atoms with Gasteiger partial charge in [0.2, 0.25) is 0 Å². The Labute approximate surface area is 185 Å². The highest BCUT2D eigenvalue weighted by Gasteiger charge is 2.44. The number of nitrogens with zero attached hydrogens (tertiary/aromatic N) is 1. The Morgan fingerprint density at radius 3 is 2.56 bits per heavy atom. The predicted molar refractivity (Wildman–Crippen MR) is 120 cm³/mol. The summed E-state index contributed by atoms with van der Waals surface area (Å²) in [6, 6.07) is 15.1. The number of amides is 1. The van der Waals surface area contributed by atoms with Gasteiger partial charge in [0.15, 0.2) is 11.5 Å². The molecule has 0 radical (unpaired) electrons. The van der Waals surface area contributed by atoms with Crippen LogP contribution in [0.4, 0.5) is 5.69 Å². The van der Waals surface area contributed by atoms with Crippen molar-refractivity contribution in [2.24, 2.45) is 0 Å². The van der Waals surface area contributed by atoms with Gasteiger partial charge >= 0.3 is 0 Å². The number of ketones is 1. The Balaban J connectivity index is 1.77. The molecule has 0 fully saturated rings. The van der Waals surface area contributed by atoms with Crippen LogP contribution >= 0.6 is 0 Å². The largest absolute Gasteiger partial charge is 0.453 e. The molecule has 0 aliphatic carbocycles. The molecule has 0 atom stereocenters. The van der Waals surface area contributed by atoms with E-state index in [0.29, 0.717) is 28.8 Å². The lowest BCUT2D eigenvalue weighted by Crippen LogP contribution is -2.35. The van der Waals surface area contributed by atoms with Gasteiger partial charge in [0.1, 0.15) is 16.2 Å². The van der Waals surface area contributed by atoms with Gasteiger partial charge < -0.3 is 14.5 Å². The molecule has 3 aromatic rings. The second-order valence-corrected chi connectivity index (χ2v) is 8.99. The van der Waals surface area contributed by atoms with Crippen LogP contribution in [-0.2, 0) is 19.6 Å². The molecule has 8 nitrogen and oxygen atoms in total. The van der Waals surface area contributed by atoms with E-state index >= 15 is 0 Å². The summed E-state index contributed by atoms with van der Waals surface area (Å²) in [7, 11) is -4.07. The van der Waals surface area contributed by atoms with E-state index in [-0.39, 0.29) is 35.3 Å². The average Bonchev–Trinajstić information content (AvgIpc) is 3.27. The molecule has 0 spiro atoms. The van der Waals surface area contributed by atoms with Gasteiger partial charge in [-0.25, -0.2) is 12.7 Å². The first-order chi connectivity index (χ1) is 15.3. The van der Waals surface area contributed by atoms with Crippen molar-refractivity contribution in [3.8, 4) is 0 Å². The van der Waals surface area contributed by atoms with Crippen molar-refractivity contribution in [3.63, 3.8) is 0 Å². The summed E-state index contributed by atoms with van der Waals surface area (Å²) in [5.41, 5.74) is 1.38. The highest BCUT2D eigenvalue weighted by molar-refractivity contribution is 7.99. The minimum Gasteiger partial charge on any atom is -0.453 e. The first-order valence-corrected chi connectivity index (χ1v) is 11.5. The molecule has 2 aromatic carbocycles. The van der Waals surface area contributed by atoms with Crippen molar-refractivity contribution in [2.45, 2.75) is 13.8 Å². The average molecular weight is 455 g/mol. The molecule has 0 saturated heterocycles. The van der Waals surface area contributed by atoms with Crippen molar-refractivity contribution in [3.05, 3.63) is 71.6 Å². The second-order valence-electron chi connectivity index (χ2n) is 7.19. The van der Waals surface area contributed by atoms with E-state index in [0.717, 1.165) is 4.31 Å². The summed E-state index contributed by atoms with van der Waals surface area (Å²) < 4.78 is 38.2. The van der Waals surface area contributed by atoms with E-state index in [4.69, 9.17) is 9.15 Å². The zero-order valence-corrected chi connectivity index (χ0v) is 18.4. The molecule has 1 N–H and O–H groups in total. The molecule has 4 rings (SSSR count). The van der Waals surface area contributed by atoms with E-state index in [1.807, 2.05) is 0 Å². The maximum Gasteiger partial charge on any atom is 0.285 e. The van der Waals surface area contributed by atoms with Crippen LogP contribution in [0.2, 0.25) is 0 Å². The second kappa shape index (κ2) is 8.60. The van der Waals surface area contributed by atoms with Crippen LogP contribution in [0.25, 0.3) is 15.9 Å². The minimum absolute atomic E-state index is 0.0395. The van der Waals surface area contributed by atoms with Crippen LogP contribution in [0, 0.1) is 0 Å². The van der Waals surface area contributed by atoms with E-state index in [2.05, 4.69) is 5.32 Å². The SMILES string of the molecule is CCOCCN1C(=O)C(Nc2ccc3oc(C(C)=O)cc3c2)=C(c2ccccc2)S1(=O)=O. The number of rotatable bonds is 8. The Kier molecular flexibility index (Phi) is 5.86. The lowest BCUT2D eigenvalue weighted by Gasteiger charge is -2.16. The monoisotopic (exact) mass is 454 g/mol. The van der Waals surface area contributed by atoms with Crippen LogP contribution in [0.5, 0.6) is 0 Å². The zero-order chi connectivity index (χ0) is 22.9. The summed E-state index contributed by atoms with van der Waals surface area (Å²) >= 11 is 0. The topological polar surface area (TPSA) is 106 Å². The molecular weight excluding hydrogens is 432 g/mol. The van der Waals surface area contributed by atoms with Gasteiger partial charge in [0.25, 0.3) is 15.9 Å². The third-order valence-corrected chi connectivity index (χ3v) is 6.91. The van der Waals surface area contributed by atoms with E-state index in [9.17, 15) is 18.0 Å². The van der Waals surface area contributed by atoms with Gasteiger partial charge in [-0.3, -0.25) is 9.59 Å². The summed E-state index contributed by atoms with van der Waals surface area (Å²) in [5, 5.41) is 3.64. The number of nitrogens with one attached hydrogen (secondary N) is 1. The molecule has 1 aromatic heterocycles. The predicted octanol–water partition coefficient (Wildman–Crippen LogP) is 3.62. The number of anilines is 1. The number of hydrogen-bond acceptors (Lipinski definition) is 7. The summed E-state index contributed by atoms with van der Waals surface area (Å²) in [6.07, 6.45) is 0. The lowest BCUT2D eigenvalue weighted by atomic mass is 10.1. The van der Waals surface area contributed by atoms with Gasteiger partial charge in [-0.05, 0) is 36.8 Å². The Morgan fingerprint density at radius 1 is 1.12 bits per heavy atom. The van der Waals surface area contributed by atoms with Gasteiger partial charge in [0.05, 0.1) is 13.2 Å². The summed E-state index contributed by atoms with van der Waals surface area (Å²) in [5.74, 6) is -0.630. The van der Waals surface area contributed by atoms with Gasteiger partial charge in [-0.15, -0.1) is 0 Å². The van der Waals surface area contributed by atoms with Gasteiger partial charge in [-0.1, -0.05) is 30.3 Å². The molecular formula is C23H22N2O6S. The first-order valence-electron chi connectivity index (χ1n) is 10.1. The van der Waals surface area contributed by atoms with Crippen LogP contribution < -0.4 is 5.32 Å². The van der Waals surface area contributed by atoms with Gasteiger partial charge in [-0.2, -0.15) is 0 Å².